The predicted molar refractivity (Wildman–Crippen MR) is 93.8 cm³/mol. The summed E-state index contributed by atoms with van der Waals surface area (Å²) in [5.41, 5.74) is 3.81. The van der Waals surface area contributed by atoms with Crippen LogP contribution < -0.4 is 10.1 Å². The summed E-state index contributed by atoms with van der Waals surface area (Å²) in [7, 11) is 0. The number of aryl methyl sites for hydroxylation is 1. The molecule has 0 heterocycles. The molecule has 1 amide bonds. The maximum Gasteiger partial charge on any atom is 0.251 e. The van der Waals surface area contributed by atoms with Crippen LogP contribution in [0.4, 0.5) is 0 Å². The van der Waals surface area contributed by atoms with Gasteiger partial charge in [0.1, 0.15) is 12.4 Å². The van der Waals surface area contributed by atoms with E-state index < -0.39 is 0 Å². The number of amides is 1. The monoisotopic (exact) mass is 309 g/mol. The van der Waals surface area contributed by atoms with Crippen LogP contribution >= 0.6 is 0 Å². The lowest BCUT2D eigenvalue weighted by Gasteiger charge is -2.15. The van der Waals surface area contributed by atoms with E-state index in [1.54, 1.807) is 12.1 Å². The number of hydrogen-bond donors (Lipinski definition) is 1. The van der Waals surface area contributed by atoms with Gasteiger partial charge in [-0.15, -0.1) is 0 Å². The van der Waals surface area contributed by atoms with Gasteiger partial charge in [0.25, 0.3) is 5.91 Å². The molecule has 1 atom stereocenters. The Morgan fingerprint density at radius 1 is 1.22 bits per heavy atom. The van der Waals surface area contributed by atoms with E-state index in [9.17, 15) is 4.79 Å². The van der Waals surface area contributed by atoms with Crippen LogP contribution in [0.2, 0.25) is 0 Å². The number of carbonyl (C=O) groups excluding carboxylic acids is 1. The third-order valence-electron chi connectivity index (χ3n) is 3.51. The molecule has 0 spiro atoms. The van der Waals surface area contributed by atoms with Gasteiger partial charge in [-0.25, -0.2) is 0 Å². The van der Waals surface area contributed by atoms with E-state index in [0.717, 1.165) is 11.1 Å². The van der Waals surface area contributed by atoms with Crippen LogP contribution in [0.15, 0.2) is 60.7 Å². The maximum atomic E-state index is 12.4. The van der Waals surface area contributed by atoms with E-state index in [1.165, 1.54) is 5.56 Å². The van der Waals surface area contributed by atoms with Crippen LogP contribution in [0.5, 0.6) is 5.75 Å². The van der Waals surface area contributed by atoms with E-state index in [4.69, 9.17) is 4.74 Å². The number of benzene rings is 2. The van der Waals surface area contributed by atoms with Crippen molar-refractivity contribution in [1.82, 2.24) is 5.32 Å². The Labute approximate surface area is 138 Å². The molecule has 120 valence electrons. The highest BCUT2D eigenvalue weighted by Gasteiger charge is 2.12. The average Bonchev–Trinajstić information content (AvgIpc) is 2.53. The molecule has 1 unspecified atom stereocenters. The molecule has 2 aromatic rings. The number of carbonyl (C=O) groups is 1. The number of nitrogens with one attached hydrogen (secondary N) is 1. The minimum Gasteiger partial charge on any atom is -0.489 e. The fourth-order valence-corrected chi connectivity index (χ4v) is 2.15. The first kappa shape index (κ1) is 16.8. The van der Waals surface area contributed by atoms with Crippen molar-refractivity contribution in [3.05, 3.63) is 77.4 Å². The fraction of sp³-hybridized carbons (Fsp3) is 0.250. The Hall–Kier alpha value is -2.55. The number of ether oxygens (including phenoxy) is 1. The summed E-state index contributed by atoms with van der Waals surface area (Å²) in [5.74, 6) is 0.558. The van der Waals surface area contributed by atoms with E-state index in [0.29, 0.717) is 17.9 Å². The van der Waals surface area contributed by atoms with E-state index in [-0.39, 0.29) is 11.9 Å². The summed E-state index contributed by atoms with van der Waals surface area (Å²) >= 11 is 0. The van der Waals surface area contributed by atoms with Gasteiger partial charge >= 0.3 is 0 Å². The lowest BCUT2D eigenvalue weighted by molar-refractivity contribution is 0.0939. The van der Waals surface area contributed by atoms with Gasteiger partial charge in [0.2, 0.25) is 0 Å². The first-order valence-electron chi connectivity index (χ1n) is 7.70. The molecule has 0 aliphatic carbocycles. The van der Waals surface area contributed by atoms with Gasteiger partial charge < -0.3 is 10.1 Å². The standard InChI is InChI=1S/C20H23NO2/c1-14(2)13-23-19-7-5-6-18(12-19)20(22)21-16(4)17-10-8-15(3)9-11-17/h5-12,16H,1,13H2,2-4H3,(H,21,22). The molecule has 0 aliphatic heterocycles. The van der Waals surface area contributed by atoms with Crippen molar-refractivity contribution in [3.63, 3.8) is 0 Å². The molecule has 0 bridgehead atoms. The van der Waals surface area contributed by atoms with Crippen LogP contribution in [0.1, 0.15) is 41.4 Å². The van der Waals surface area contributed by atoms with Gasteiger partial charge in [0, 0.05) is 5.56 Å². The smallest absolute Gasteiger partial charge is 0.251 e. The van der Waals surface area contributed by atoms with Crippen molar-refractivity contribution in [1.29, 1.82) is 0 Å². The first-order valence-corrected chi connectivity index (χ1v) is 7.70. The molecule has 3 nitrogen and oxygen atoms in total. The van der Waals surface area contributed by atoms with Gasteiger partial charge in [-0.2, -0.15) is 0 Å². The van der Waals surface area contributed by atoms with Crippen LogP contribution in [0, 0.1) is 6.92 Å². The van der Waals surface area contributed by atoms with Gasteiger partial charge in [-0.1, -0.05) is 42.5 Å². The highest BCUT2D eigenvalue weighted by molar-refractivity contribution is 5.94. The second-order valence-electron chi connectivity index (χ2n) is 5.88. The van der Waals surface area contributed by atoms with Crippen molar-refractivity contribution < 1.29 is 9.53 Å². The van der Waals surface area contributed by atoms with E-state index in [2.05, 4.69) is 11.9 Å². The molecule has 2 aromatic carbocycles. The van der Waals surface area contributed by atoms with Gasteiger partial charge in [0.15, 0.2) is 0 Å². The molecule has 0 aromatic heterocycles. The summed E-state index contributed by atoms with van der Waals surface area (Å²) in [6.45, 7) is 10.2. The molecule has 0 radical (unpaired) electrons. The zero-order chi connectivity index (χ0) is 16.8. The summed E-state index contributed by atoms with van der Waals surface area (Å²) in [4.78, 5) is 12.4. The minimum atomic E-state index is -0.112. The third-order valence-corrected chi connectivity index (χ3v) is 3.51. The van der Waals surface area contributed by atoms with Crippen LogP contribution in [-0.2, 0) is 0 Å². The topological polar surface area (TPSA) is 38.3 Å². The molecule has 0 aliphatic rings. The summed E-state index contributed by atoms with van der Waals surface area (Å²) in [6, 6.07) is 15.3. The van der Waals surface area contributed by atoms with Crippen molar-refractivity contribution in [3.8, 4) is 5.75 Å². The normalized spacial score (nSPS) is 11.6. The predicted octanol–water partition coefficient (Wildman–Crippen LogP) is 4.44. The lowest BCUT2D eigenvalue weighted by atomic mass is 10.1. The molecular weight excluding hydrogens is 286 g/mol. The minimum absolute atomic E-state index is 0.0527. The second kappa shape index (κ2) is 7.63. The molecule has 0 fully saturated rings. The zero-order valence-electron chi connectivity index (χ0n) is 13.9. The summed E-state index contributed by atoms with van der Waals surface area (Å²) in [6.07, 6.45) is 0. The third kappa shape index (κ3) is 4.99. The summed E-state index contributed by atoms with van der Waals surface area (Å²) in [5, 5.41) is 3.01. The molecule has 23 heavy (non-hydrogen) atoms. The van der Waals surface area contributed by atoms with E-state index in [1.807, 2.05) is 57.2 Å². The number of rotatable bonds is 6. The van der Waals surface area contributed by atoms with Crippen LogP contribution in [0.25, 0.3) is 0 Å². The van der Waals surface area contributed by atoms with Gasteiger partial charge in [0.05, 0.1) is 6.04 Å². The molecule has 3 heteroatoms. The molecular formula is C20H23NO2. The zero-order valence-corrected chi connectivity index (χ0v) is 13.9. The van der Waals surface area contributed by atoms with E-state index >= 15 is 0 Å². The Morgan fingerprint density at radius 2 is 1.91 bits per heavy atom. The quantitative estimate of drug-likeness (QED) is 0.801. The molecule has 1 N–H and O–H groups in total. The Bertz CT molecular complexity index is 689. The molecule has 0 saturated heterocycles. The SMILES string of the molecule is C=C(C)COc1cccc(C(=O)NC(C)c2ccc(C)cc2)c1. The van der Waals surface area contributed by atoms with Crippen molar-refractivity contribution in [2.75, 3.05) is 6.61 Å². The lowest BCUT2D eigenvalue weighted by Crippen LogP contribution is -2.26. The van der Waals surface area contributed by atoms with Crippen molar-refractivity contribution in [2.45, 2.75) is 26.8 Å². The second-order valence-corrected chi connectivity index (χ2v) is 5.88. The average molecular weight is 309 g/mol. The molecule has 0 saturated carbocycles. The maximum absolute atomic E-state index is 12.4. The van der Waals surface area contributed by atoms with Crippen LogP contribution in [-0.4, -0.2) is 12.5 Å². The van der Waals surface area contributed by atoms with Crippen molar-refractivity contribution in [2.24, 2.45) is 0 Å². The highest BCUT2D eigenvalue weighted by Crippen LogP contribution is 2.17. The van der Waals surface area contributed by atoms with Crippen LogP contribution in [0.3, 0.4) is 0 Å². The highest BCUT2D eigenvalue weighted by atomic mass is 16.5. The molecule has 2 rings (SSSR count). The summed E-state index contributed by atoms with van der Waals surface area (Å²) < 4.78 is 5.58. The fourth-order valence-electron chi connectivity index (χ4n) is 2.15. The Kier molecular flexibility index (Phi) is 5.58. The van der Waals surface area contributed by atoms with Gasteiger partial charge in [-0.3, -0.25) is 4.79 Å². The largest absolute Gasteiger partial charge is 0.489 e. The number of hydrogen-bond acceptors (Lipinski definition) is 2. The van der Waals surface area contributed by atoms with Gasteiger partial charge in [-0.05, 0) is 50.1 Å². The Morgan fingerprint density at radius 3 is 2.57 bits per heavy atom. The van der Waals surface area contributed by atoms with Crippen molar-refractivity contribution >= 4 is 5.91 Å². The first-order chi connectivity index (χ1) is 11.0. The Balaban J connectivity index is 2.03.